The summed E-state index contributed by atoms with van der Waals surface area (Å²) >= 11 is 0. The largest absolute Gasteiger partial charge is 0.370 e. The highest BCUT2D eigenvalue weighted by Crippen LogP contribution is 2.41. The summed E-state index contributed by atoms with van der Waals surface area (Å²) in [6, 6.07) is 6.87. The third-order valence-electron chi connectivity index (χ3n) is 4.13. The van der Waals surface area contributed by atoms with E-state index in [0.717, 1.165) is 25.8 Å². The van der Waals surface area contributed by atoms with Crippen LogP contribution < -0.4 is 11.1 Å². The molecule has 0 saturated heterocycles. The summed E-state index contributed by atoms with van der Waals surface area (Å²) in [5, 5.41) is 3.10. The summed E-state index contributed by atoms with van der Waals surface area (Å²) in [4.78, 5) is 4.50. The fourth-order valence-electron chi connectivity index (χ4n) is 2.94. The van der Waals surface area contributed by atoms with Crippen LogP contribution in [-0.2, 0) is 5.41 Å². The van der Waals surface area contributed by atoms with Gasteiger partial charge in [0.1, 0.15) is 5.82 Å². The Bertz CT molecular complexity index is 447. The Kier molecular flexibility index (Phi) is 4.99. The molecule has 0 radical (unpaired) electrons. The quantitative estimate of drug-likeness (QED) is 0.642. The monoisotopic (exact) mass is 277 g/mol. The Hall–Kier alpha value is -1.58. The molecular weight excluding hydrogens is 253 g/mol. The highest BCUT2D eigenvalue weighted by Gasteiger charge is 2.35. The van der Waals surface area contributed by atoms with Crippen molar-refractivity contribution in [3.8, 4) is 0 Å². The first-order valence-electron chi connectivity index (χ1n) is 7.46. The lowest BCUT2D eigenvalue weighted by Gasteiger charge is -2.28. The third-order valence-corrected chi connectivity index (χ3v) is 4.13. The van der Waals surface area contributed by atoms with E-state index in [9.17, 15) is 4.39 Å². The smallest absolute Gasteiger partial charge is 0.188 e. The van der Waals surface area contributed by atoms with Crippen molar-refractivity contribution in [2.24, 2.45) is 10.7 Å². The molecule has 110 valence electrons. The number of hydrogen-bond donors (Lipinski definition) is 2. The van der Waals surface area contributed by atoms with Gasteiger partial charge in [0.15, 0.2) is 5.96 Å². The van der Waals surface area contributed by atoms with Gasteiger partial charge in [0.25, 0.3) is 0 Å². The van der Waals surface area contributed by atoms with E-state index in [4.69, 9.17) is 5.73 Å². The molecule has 3 N–H and O–H groups in total. The number of benzene rings is 1. The second-order valence-corrected chi connectivity index (χ2v) is 5.62. The minimum atomic E-state index is -0.186. The average Bonchev–Trinajstić information content (AvgIpc) is 2.93. The predicted molar refractivity (Wildman–Crippen MR) is 81.3 cm³/mol. The van der Waals surface area contributed by atoms with Crippen molar-refractivity contribution in [3.63, 3.8) is 0 Å². The standard InChI is InChI=1S/C16H24FN3/c1-2-11-19-15(18)20-12-16(9-3-4-10-16)13-5-7-14(17)8-6-13/h5-8H,2-4,9-12H2,1H3,(H3,18,19,20). The number of nitrogens with one attached hydrogen (secondary N) is 1. The number of guanidine groups is 1. The molecule has 0 bridgehead atoms. The van der Waals surface area contributed by atoms with E-state index in [1.807, 2.05) is 12.1 Å². The second-order valence-electron chi connectivity index (χ2n) is 5.62. The van der Waals surface area contributed by atoms with Crippen molar-refractivity contribution in [2.75, 3.05) is 13.1 Å². The first-order valence-corrected chi connectivity index (χ1v) is 7.46. The van der Waals surface area contributed by atoms with Gasteiger partial charge in [0.2, 0.25) is 0 Å². The Balaban J connectivity index is 2.12. The second kappa shape index (κ2) is 6.73. The molecule has 1 aliphatic carbocycles. The molecule has 0 unspecified atom stereocenters. The van der Waals surface area contributed by atoms with E-state index >= 15 is 0 Å². The van der Waals surface area contributed by atoms with Crippen LogP contribution in [-0.4, -0.2) is 19.0 Å². The lowest BCUT2D eigenvalue weighted by molar-refractivity contribution is 0.452. The zero-order chi connectivity index (χ0) is 14.4. The fraction of sp³-hybridized carbons (Fsp3) is 0.562. The molecule has 1 aromatic rings. The molecule has 1 aliphatic rings. The number of aliphatic imine (C=N–C) groups is 1. The summed E-state index contributed by atoms with van der Waals surface area (Å²) in [5.74, 6) is 0.328. The normalized spacial score (nSPS) is 18.2. The van der Waals surface area contributed by atoms with Crippen LogP contribution in [0.5, 0.6) is 0 Å². The van der Waals surface area contributed by atoms with Crippen molar-refractivity contribution in [3.05, 3.63) is 35.6 Å². The van der Waals surface area contributed by atoms with Crippen molar-refractivity contribution in [1.82, 2.24) is 5.32 Å². The van der Waals surface area contributed by atoms with Crippen molar-refractivity contribution < 1.29 is 4.39 Å². The van der Waals surface area contributed by atoms with Crippen LogP contribution in [0.25, 0.3) is 0 Å². The fourth-order valence-corrected chi connectivity index (χ4v) is 2.94. The van der Waals surface area contributed by atoms with Gasteiger partial charge in [0, 0.05) is 12.0 Å². The summed E-state index contributed by atoms with van der Waals surface area (Å²) in [7, 11) is 0. The van der Waals surface area contributed by atoms with Crippen LogP contribution >= 0.6 is 0 Å². The van der Waals surface area contributed by atoms with Gasteiger partial charge in [-0.2, -0.15) is 0 Å². The van der Waals surface area contributed by atoms with Crippen LogP contribution in [0, 0.1) is 5.82 Å². The Labute approximate surface area is 120 Å². The van der Waals surface area contributed by atoms with Crippen LogP contribution in [0.2, 0.25) is 0 Å². The predicted octanol–water partition coefficient (Wildman–Crippen LogP) is 2.95. The van der Waals surface area contributed by atoms with E-state index < -0.39 is 0 Å². The first kappa shape index (κ1) is 14.8. The minimum absolute atomic E-state index is 0.0339. The number of hydrogen-bond acceptors (Lipinski definition) is 1. The van der Waals surface area contributed by atoms with E-state index in [2.05, 4.69) is 17.2 Å². The highest BCUT2D eigenvalue weighted by atomic mass is 19.1. The number of nitrogens with zero attached hydrogens (tertiary/aromatic N) is 1. The molecule has 0 heterocycles. The topological polar surface area (TPSA) is 50.4 Å². The van der Waals surface area contributed by atoms with Crippen molar-refractivity contribution in [2.45, 2.75) is 44.4 Å². The maximum atomic E-state index is 13.1. The molecule has 0 atom stereocenters. The lowest BCUT2D eigenvalue weighted by atomic mass is 9.79. The number of nitrogens with two attached hydrogens (primary N) is 1. The average molecular weight is 277 g/mol. The maximum Gasteiger partial charge on any atom is 0.188 e. The molecule has 1 saturated carbocycles. The zero-order valence-corrected chi connectivity index (χ0v) is 12.2. The van der Waals surface area contributed by atoms with E-state index in [1.165, 1.54) is 30.5 Å². The van der Waals surface area contributed by atoms with Gasteiger partial charge < -0.3 is 11.1 Å². The molecule has 3 nitrogen and oxygen atoms in total. The van der Waals surface area contributed by atoms with Gasteiger partial charge in [-0.25, -0.2) is 4.39 Å². The molecule has 0 aliphatic heterocycles. The van der Waals surface area contributed by atoms with Gasteiger partial charge in [-0.05, 0) is 37.0 Å². The van der Waals surface area contributed by atoms with Gasteiger partial charge in [-0.1, -0.05) is 31.9 Å². The Morgan fingerprint density at radius 3 is 2.55 bits per heavy atom. The van der Waals surface area contributed by atoms with Crippen LogP contribution in [0.4, 0.5) is 4.39 Å². The van der Waals surface area contributed by atoms with Crippen LogP contribution in [0.1, 0.15) is 44.6 Å². The molecule has 0 amide bonds. The van der Waals surface area contributed by atoms with E-state index in [1.54, 1.807) is 0 Å². The summed E-state index contributed by atoms with van der Waals surface area (Å²) in [6.07, 6.45) is 5.64. The maximum absolute atomic E-state index is 13.1. The minimum Gasteiger partial charge on any atom is -0.370 e. The SMILES string of the molecule is CCCNC(N)=NCC1(c2ccc(F)cc2)CCCC1. The van der Waals surface area contributed by atoms with Gasteiger partial charge in [0.05, 0.1) is 6.54 Å². The summed E-state index contributed by atoms with van der Waals surface area (Å²) in [6.45, 7) is 3.62. The molecular formula is C16H24FN3. The molecule has 20 heavy (non-hydrogen) atoms. The van der Waals surface area contributed by atoms with Crippen molar-refractivity contribution >= 4 is 5.96 Å². The molecule has 1 aromatic carbocycles. The molecule has 0 spiro atoms. The van der Waals surface area contributed by atoms with E-state index in [0.29, 0.717) is 12.5 Å². The molecule has 1 fully saturated rings. The molecule has 2 rings (SSSR count). The summed E-state index contributed by atoms with van der Waals surface area (Å²) in [5.41, 5.74) is 7.10. The number of halogens is 1. The third kappa shape index (κ3) is 3.50. The van der Waals surface area contributed by atoms with Crippen LogP contribution in [0.15, 0.2) is 29.3 Å². The van der Waals surface area contributed by atoms with Crippen molar-refractivity contribution in [1.29, 1.82) is 0 Å². The number of rotatable bonds is 5. The van der Waals surface area contributed by atoms with E-state index in [-0.39, 0.29) is 11.2 Å². The zero-order valence-electron chi connectivity index (χ0n) is 12.2. The van der Waals surface area contributed by atoms with Gasteiger partial charge >= 0.3 is 0 Å². The summed E-state index contributed by atoms with van der Waals surface area (Å²) < 4.78 is 13.1. The molecule has 0 aromatic heterocycles. The van der Waals surface area contributed by atoms with Crippen LogP contribution in [0.3, 0.4) is 0 Å². The molecule has 4 heteroatoms. The highest BCUT2D eigenvalue weighted by molar-refractivity contribution is 5.77. The Morgan fingerprint density at radius 2 is 1.95 bits per heavy atom. The van der Waals surface area contributed by atoms with Gasteiger partial charge in [-0.15, -0.1) is 0 Å². The lowest BCUT2D eigenvalue weighted by Crippen LogP contribution is -2.35. The first-order chi connectivity index (χ1) is 9.66. The Morgan fingerprint density at radius 1 is 1.30 bits per heavy atom. The van der Waals surface area contributed by atoms with Gasteiger partial charge in [-0.3, -0.25) is 4.99 Å².